The molecule has 2 saturated carbocycles. The van der Waals surface area contributed by atoms with Gasteiger partial charge >= 0.3 is 6.18 Å². The minimum atomic E-state index is -4.26. The van der Waals surface area contributed by atoms with Gasteiger partial charge in [-0.1, -0.05) is 49.8 Å². The van der Waals surface area contributed by atoms with E-state index in [2.05, 4.69) is 30.9 Å². The van der Waals surface area contributed by atoms with Gasteiger partial charge in [-0.2, -0.15) is 13.2 Å². The van der Waals surface area contributed by atoms with Crippen molar-refractivity contribution in [1.29, 1.82) is 0 Å². The van der Waals surface area contributed by atoms with Crippen molar-refractivity contribution < 1.29 is 13.2 Å². The smallest absolute Gasteiger partial charge is 0.166 e. The van der Waals surface area contributed by atoms with Gasteiger partial charge in [-0.15, -0.1) is 0 Å². The first-order valence-corrected chi connectivity index (χ1v) is 11.3. The predicted octanol–water partition coefficient (Wildman–Crippen LogP) is 8.15. The quantitative estimate of drug-likeness (QED) is 0.446. The Labute approximate surface area is 174 Å². The molecule has 0 N–H and O–H groups in total. The molecule has 3 heteroatoms. The van der Waals surface area contributed by atoms with Gasteiger partial charge in [0, 0.05) is 5.92 Å². The lowest BCUT2D eigenvalue weighted by atomic mass is 9.79. The fourth-order valence-corrected chi connectivity index (χ4v) is 4.94. The van der Waals surface area contributed by atoms with E-state index < -0.39 is 11.7 Å². The summed E-state index contributed by atoms with van der Waals surface area (Å²) in [6.45, 7) is 2.28. The zero-order valence-electron chi connectivity index (χ0n) is 17.5. The molecule has 0 aromatic heterocycles. The Bertz CT molecular complexity index is 701. The number of hydrogen-bond donors (Lipinski definition) is 0. The highest BCUT2D eigenvalue weighted by atomic mass is 19.4. The third-order valence-electron chi connectivity index (χ3n) is 6.76. The van der Waals surface area contributed by atoms with Crippen LogP contribution in [0.3, 0.4) is 0 Å². The van der Waals surface area contributed by atoms with Gasteiger partial charge < -0.3 is 0 Å². The van der Waals surface area contributed by atoms with Gasteiger partial charge in [0.2, 0.25) is 0 Å². The van der Waals surface area contributed by atoms with Crippen LogP contribution in [-0.2, 0) is 6.18 Å². The van der Waals surface area contributed by atoms with Crippen LogP contribution in [0.2, 0.25) is 0 Å². The molecule has 2 aliphatic rings. The van der Waals surface area contributed by atoms with Crippen molar-refractivity contribution in [2.75, 3.05) is 0 Å². The van der Waals surface area contributed by atoms with E-state index in [1.165, 1.54) is 50.7 Å². The fraction of sp³-hybridized carbons (Fsp3) is 0.615. The molecule has 0 heterocycles. The first-order valence-electron chi connectivity index (χ1n) is 11.3. The molecule has 158 valence electrons. The number of rotatable bonds is 4. The maximum Gasteiger partial charge on any atom is 0.416 e. The first-order chi connectivity index (χ1) is 14.0. The number of benzene rings is 1. The van der Waals surface area contributed by atoms with Crippen molar-refractivity contribution in [3.05, 3.63) is 47.5 Å². The average Bonchev–Trinajstić information content (AvgIpc) is 2.72. The van der Waals surface area contributed by atoms with E-state index >= 15 is 0 Å². The monoisotopic (exact) mass is 402 g/mol. The summed E-state index contributed by atoms with van der Waals surface area (Å²) in [6, 6.07) is 5.72. The van der Waals surface area contributed by atoms with Crippen LogP contribution < -0.4 is 0 Å². The van der Waals surface area contributed by atoms with Crippen molar-refractivity contribution in [3.63, 3.8) is 0 Å². The topological polar surface area (TPSA) is 0 Å². The molecule has 0 bridgehead atoms. The molecule has 0 spiro atoms. The summed E-state index contributed by atoms with van der Waals surface area (Å²) in [5.74, 6) is 9.10. The van der Waals surface area contributed by atoms with Crippen LogP contribution in [0.15, 0.2) is 36.4 Å². The molecule has 0 saturated heterocycles. The molecule has 0 nitrogen and oxygen atoms in total. The number of allylic oxidation sites excluding steroid dienone is 2. The number of alkyl halides is 3. The van der Waals surface area contributed by atoms with Crippen LogP contribution in [-0.4, -0.2) is 0 Å². The maximum atomic E-state index is 12.7. The highest BCUT2D eigenvalue weighted by Crippen LogP contribution is 2.37. The maximum absolute atomic E-state index is 12.7. The summed E-state index contributed by atoms with van der Waals surface area (Å²) >= 11 is 0. The Kier molecular flexibility index (Phi) is 7.87. The van der Waals surface area contributed by atoms with Gasteiger partial charge in [-0.25, -0.2) is 0 Å². The SMILES string of the molecule is CCCC1CCC(C=CC#CC2CCC(c3ccc(C(F)(F)F)cc3)CC2)CC1. The fourth-order valence-electron chi connectivity index (χ4n) is 4.94. The van der Waals surface area contributed by atoms with Crippen LogP contribution in [0.5, 0.6) is 0 Å². The van der Waals surface area contributed by atoms with Crippen LogP contribution in [0, 0.1) is 29.6 Å². The highest BCUT2D eigenvalue weighted by Gasteiger charge is 2.30. The molecule has 0 aliphatic heterocycles. The van der Waals surface area contributed by atoms with E-state index in [9.17, 15) is 13.2 Å². The average molecular weight is 403 g/mol. The molecule has 1 aromatic carbocycles. The molecule has 1 aromatic rings. The van der Waals surface area contributed by atoms with Gasteiger partial charge in [0.15, 0.2) is 0 Å². The molecule has 2 fully saturated rings. The summed E-state index contributed by atoms with van der Waals surface area (Å²) in [4.78, 5) is 0. The van der Waals surface area contributed by atoms with E-state index in [-0.39, 0.29) is 0 Å². The Balaban J connectivity index is 1.41. The van der Waals surface area contributed by atoms with Crippen LogP contribution in [0.1, 0.15) is 88.2 Å². The van der Waals surface area contributed by atoms with E-state index in [1.807, 2.05) is 0 Å². The van der Waals surface area contributed by atoms with E-state index in [1.54, 1.807) is 12.1 Å². The summed E-state index contributed by atoms with van der Waals surface area (Å²) in [5, 5.41) is 0. The molecule has 0 amide bonds. The number of halogens is 3. The minimum absolute atomic E-state index is 0.365. The summed E-state index contributed by atoms with van der Waals surface area (Å²) in [7, 11) is 0. The molecular weight excluding hydrogens is 369 g/mol. The molecule has 0 radical (unpaired) electrons. The van der Waals surface area contributed by atoms with Crippen LogP contribution in [0.4, 0.5) is 13.2 Å². The lowest BCUT2D eigenvalue weighted by Crippen LogP contribution is -2.13. The third kappa shape index (κ3) is 6.66. The van der Waals surface area contributed by atoms with E-state index in [0.717, 1.165) is 37.2 Å². The molecule has 3 rings (SSSR count). The van der Waals surface area contributed by atoms with E-state index in [4.69, 9.17) is 0 Å². The van der Waals surface area contributed by atoms with Crippen LogP contribution in [0.25, 0.3) is 0 Å². The van der Waals surface area contributed by atoms with Crippen molar-refractivity contribution in [2.24, 2.45) is 17.8 Å². The minimum Gasteiger partial charge on any atom is -0.166 e. The zero-order chi connectivity index (χ0) is 20.7. The largest absolute Gasteiger partial charge is 0.416 e. The lowest BCUT2D eigenvalue weighted by molar-refractivity contribution is -0.137. The Hall–Kier alpha value is -1.69. The van der Waals surface area contributed by atoms with Gasteiger partial charge in [-0.05, 0) is 92.9 Å². The summed E-state index contributed by atoms with van der Waals surface area (Å²) in [5.41, 5.74) is 0.467. The van der Waals surface area contributed by atoms with Crippen molar-refractivity contribution in [2.45, 2.75) is 83.2 Å². The molecular formula is C26H33F3. The Morgan fingerprint density at radius 1 is 0.931 bits per heavy atom. The lowest BCUT2D eigenvalue weighted by Gasteiger charge is -2.26. The standard InChI is InChI=1S/C26H33F3/c1-2-5-20-8-10-21(11-9-20)6-3-4-7-22-12-14-23(15-13-22)24-16-18-25(19-17-24)26(27,28)29/h3,6,16-23H,2,5,8-15H2,1H3. The Morgan fingerprint density at radius 2 is 1.59 bits per heavy atom. The van der Waals surface area contributed by atoms with Crippen molar-refractivity contribution in [1.82, 2.24) is 0 Å². The van der Waals surface area contributed by atoms with Gasteiger partial charge in [-0.3, -0.25) is 0 Å². The molecule has 0 atom stereocenters. The second-order valence-electron chi connectivity index (χ2n) is 8.89. The third-order valence-corrected chi connectivity index (χ3v) is 6.76. The summed E-state index contributed by atoms with van der Waals surface area (Å²) in [6.07, 6.45) is 12.2. The number of hydrogen-bond acceptors (Lipinski definition) is 0. The second-order valence-corrected chi connectivity index (χ2v) is 8.89. The highest BCUT2D eigenvalue weighted by molar-refractivity contribution is 5.28. The van der Waals surface area contributed by atoms with Crippen LogP contribution >= 0.6 is 0 Å². The van der Waals surface area contributed by atoms with Gasteiger partial charge in [0.1, 0.15) is 0 Å². The van der Waals surface area contributed by atoms with Crippen molar-refractivity contribution >= 4 is 0 Å². The van der Waals surface area contributed by atoms with E-state index in [0.29, 0.717) is 17.8 Å². The summed E-state index contributed by atoms with van der Waals surface area (Å²) < 4.78 is 38.1. The molecule has 29 heavy (non-hydrogen) atoms. The van der Waals surface area contributed by atoms with Gasteiger partial charge in [0.25, 0.3) is 0 Å². The normalized spacial score (nSPS) is 28.1. The first kappa shape index (κ1) is 22.0. The second kappa shape index (κ2) is 10.4. The zero-order valence-corrected chi connectivity index (χ0v) is 17.5. The predicted molar refractivity (Wildman–Crippen MR) is 113 cm³/mol. The molecule has 0 unspecified atom stereocenters. The van der Waals surface area contributed by atoms with Crippen molar-refractivity contribution in [3.8, 4) is 11.8 Å². The molecule has 2 aliphatic carbocycles. The van der Waals surface area contributed by atoms with Gasteiger partial charge in [0.05, 0.1) is 5.56 Å². The Morgan fingerprint density at radius 3 is 2.17 bits per heavy atom.